The molecule has 0 fully saturated rings. The highest BCUT2D eigenvalue weighted by Gasteiger charge is 2.15. The molecule has 0 spiro atoms. The van der Waals surface area contributed by atoms with Crippen molar-refractivity contribution in [2.24, 2.45) is 0 Å². The summed E-state index contributed by atoms with van der Waals surface area (Å²) in [6, 6.07) is 5.48. The van der Waals surface area contributed by atoms with Gasteiger partial charge in [-0.25, -0.2) is 13.1 Å². The number of hydrogen-bond donors (Lipinski definition) is 1. The first-order valence-electron chi connectivity index (χ1n) is 6.39. The normalized spacial score (nSPS) is 13.4. The maximum atomic E-state index is 12.0. The molecule has 0 saturated heterocycles. The molecule has 0 bridgehead atoms. The zero-order chi connectivity index (χ0) is 15.2. The fraction of sp³-hybridized carbons (Fsp3) is 0.538. The van der Waals surface area contributed by atoms with E-state index in [2.05, 4.69) is 9.46 Å². The van der Waals surface area contributed by atoms with Gasteiger partial charge in [0.1, 0.15) is 5.75 Å². The van der Waals surface area contributed by atoms with Crippen molar-refractivity contribution in [1.82, 2.24) is 4.72 Å². The summed E-state index contributed by atoms with van der Waals surface area (Å²) in [6.45, 7) is 0.749. The number of rotatable bonds is 8. The number of unbranched alkanes of at least 4 members (excludes halogenated alkanes) is 1. The average Bonchev–Trinajstić information content (AvgIpc) is 2.36. The highest BCUT2D eigenvalue weighted by Crippen LogP contribution is 2.19. The SMILES string of the molecule is CCCCS(=O)(=O)NC(C)c1ccc(OC(F)F)cc1. The topological polar surface area (TPSA) is 55.4 Å². The molecule has 0 aliphatic carbocycles. The summed E-state index contributed by atoms with van der Waals surface area (Å²) >= 11 is 0. The first kappa shape index (κ1) is 16.8. The predicted octanol–water partition coefficient (Wildman–Crippen LogP) is 3.07. The van der Waals surface area contributed by atoms with Crippen LogP contribution in [0.1, 0.15) is 38.3 Å². The minimum Gasteiger partial charge on any atom is -0.435 e. The maximum Gasteiger partial charge on any atom is 0.387 e. The van der Waals surface area contributed by atoms with Gasteiger partial charge in [0.05, 0.1) is 5.75 Å². The lowest BCUT2D eigenvalue weighted by molar-refractivity contribution is -0.0498. The number of benzene rings is 1. The second-order valence-electron chi connectivity index (χ2n) is 4.46. The van der Waals surface area contributed by atoms with Crippen LogP contribution in [0.3, 0.4) is 0 Å². The predicted molar refractivity (Wildman–Crippen MR) is 73.3 cm³/mol. The van der Waals surface area contributed by atoms with Gasteiger partial charge in [0.25, 0.3) is 0 Å². The van der Waals surface area contributed by atoms with Gasteiger partial charge in [-0.05, 0) is 31.0 Å². The maximum absolute atomic E-state index is 12.0. The molecule has 0 aliphatic heterocycles. The molecule has 1 atom stereocenters. The zero-order valence-electron chi connectivity index (χ0n) is 11.5. The van der Waals surface area contributed by atoms with Gasteiger partial charge in [0.2, 0.25) is 10.0 Å². The van der Waals surface area contributed by atoms with Gasteiger partial charge in [0, 0.05) is 6.04 Å². The van der Waals surface area contributed by atoms with E-state index in [0.29, 0.717) is 12.0 Å². The number of nitrogens with one attached hydrogen (secondary N) is 1. The Hall–Kier alpha value is -1.21. The van der Waals surface area contributed by atoms with E-state index in [1.807, 2.05) is 6.92 Å². The first-order chi connectivity index (χ1) is 9.34. The van der Waals surface area contributed by atoms with Crippen molar-refractivity contribution in [3.8, 4) is 5.75 Å². The zero-order valence-corrected chi connectivity index (χ0v) is 12.3. The molecule has 0 saturated carbocycles. The largest absolute Gasteiger partial charge is 0.435 e. The van der Waals surface area contributed by atoms with Gasteiger partial charge in [0.15, 0.2) is 0 Å². The Morgan fingerprint density at radius 1 is 1.25 bits per heavy atom. The number of sulfonamides is 1. The lowest BCUT2D eigenvalue weighted by Crippen LogP contribution is -2.29. The van der Waals surface area contributed by atoms with Crippen LogP contribution in [-0.4, -0.2) is 20.8 Å². The number of halogens is 2. The summed E-state index contributed by atoms with van der Waals surface area (Å²) in [5, 5.41) is 0. The van der Waals surface area contributed by atoms with Gasteiger partial charge >= 0.3 is 6.61 Å². The van der Waals surface area contributed by atoms with Crippen LogP contribution >= 0.6 is 0 Å². The van der Waals surface area contributed by atoms with Crippen molar-refractivity contribution < 1.29 is 21.9 Å². The van der Waals surface area contributed by atoms with Crippen LogP contribution in [0.4, 0.5) is 8.78 Å². The second kappa shape index (κ2) is 7.54. The van der Waals surface area contributed by atoms with Gasteiger partial charge < -0.3 is 4.74 Å². The lowest BCUT2D eigenvalue weighted by Gasteiger charge is -2.15. The van der Waals surface area contributed by atoms with Gasteiger partial charge in [-0.1, -0.05) is 25.5 Å². The van der Waals surface area contributed by atoms with E-state index >= 15 is 0 Å². The quantitative estimate of drug-likeness (QED) is 0.803. The van der Waals surface area contributed by atoms with Gasteiger partial charge in [-0.2, -0.15) is 8.78 Å². The van der Waals surface area contributed by atoms with E-state index in [1.165, 1.54) is 12.1 Å². The molecule has 0 aliphatic rings. The minimum absolute atomic E-state index is 0.0461. The molecule has 4 nitrogen and oxygen atoms in total. The smallest absolute Gasteiger partial charge is 0.387 e. The van der Waals surface area contributed by atoms with Crippen LogP contribution in [0.25, 0.3) is 0 Å². The standard InChI is InChI=1S/C13H19F2NO3S/c1-3-4-9-20(17,18)16-10(2)11-5-7-12(8-6-11)19-13(14)15/h5-8,10,13,16H,3-4,9H2,1-2H3. The Balaban J connectivity index is 2.65. The third kappa shape index (κ3) is 5.83. The summed E-state index contributed by atoms with van der Waals surface area (Å²) < 4.78 is 54.3. The molecule has 0 radical (unpaired) electrons. The molecule has 7 heteroatoms. The van der Waals surface area contributed by atoms with E-state index in [-0.39, 0.29) is 11.5 Å². The van der Waals surface area contributed by atoms with Crippen molar-refractivity contribution in [3.63, 3.8) is 0 Å². The van der Waals surface area contributed by atoms with Crippen LogP contribution in [0.15, 0.2) is 24.3 Å². The summed E-state index contributed by atoms with van der Waals surface area (Å²) in [7, 11) is -3.32. The average molecular weight is 307 g/mol. The van der Waals surface area contributed by atoms with E-state index in [1.54, 1.807) is 19.1 Å². The summed E-state index contributed by atoms with van der Waals surface area (Å²) in [5.74, 6) is 0.130. The van der Waals surface area contributed by atoms with Crippen molar-refractivity contribution in [2.75, 3.05) is 5.75 Å². The molecule has 114 valence electrons. The van der Waals surface area contributed by atoms with E-state index in [4.69, 9.17) is 0 Å². The fourth-order valence-electron chi connectivity index (χ4n) is 1.67. The van der Waals surface area contributed by atoms with Crippen LogP contribution in [0, 0.1) is 0 Å². The third-order valence-electron chi connectivity index (χ3n) is 2.73. The Labute approximate surface area is 118 Å². The Morgan fingerprint density at radius 3 is 2.35 bits per heavy atom. The molecule has 1 aromatic carbocycles. The van der Waals surface area contributed by atoms with E-state index in [0.717, 1.165) is 6.42 Å². The molecular formula is C13H19F2NO3S. The molecule has 1 aromatic rings. The number of ether oxygens (including phenoxy) is 1. The third-order valence-corrected chi connectivity index (χ3v) is 4.27. The highest BCUT2D eigenvalue weighted by atomic mass is 32.2. The summed E-state index contributed by atoms with van der Waals surface area (Å²) in [4.78, 5) is 0. The molecule has 1 rings (SSSR count). The number of hydrogen-bond acceptors (Lipinski definition) is 3. The Kier molecular flexibility index (Phi) is 6.35. The molecular weight excluding hydrogens is 288 g/mol. The first-order valence-corrected chi connectivity index (χ1v) is 8.04. The van der Waals surface area contributed by atoms with Crippen LogP contribution in [0.5, 0.6) is 5.75 Å². The second-order valence-corrected chi connectivity index (χ2v) is 6.33. The monoisotopic (exact) mass is 307 g/mol. The van der Waals surface area contributed by atoms with Gasteiger partial charge in [-0.15, -0.1) is 0 Å². The van der Waals surface area contributed by atoms with E-state index < -0.39 is 22.7 Å². The molecule has 1 unspecified atom stereocenters. The minimum atomic E-state index is -3.32. The fourth-order valence-corrected chi connectivity index (χ4v) is 3.13. The van der Waals surface area contributed by atoms with Crippen LogP contribution in [0.2, 0.25) is 0 Å². The Morgan fingerprint density at radius 2 is 1.85 bits per heavy atom. The summed E-state index contributed by atoms with van der Waals surface area (Å²) in [6.07, 6.45) is 1.40. The van der Waals surface area contributed by atoms with Gasteiger partial charge in [-0.3, -0.25) is 0 Å². The van der Waals surface area contributed by atoms with Crippen molar-refractivity contribution in [2.45, 2.75) is 39.3 Å². The summed E-state index contributed by atoms with van der Waals surface area (Å²) in [5.41, 5.74) is 0.687. The molecule has 0 heterocycles. The van der Waals surface area contributed by atoms with Crippen LogP contribution in [-0.2, 0) is 10.0 Å². The number of alkyl halides is 2. The molecule has 0 amide bonds. The lowest BCUT2D eigenvalue weighted by atomic mass is 10.1. The molecule has 1 N–H and O–H groups in total. The molecule has 20 heavy (non-hydrogen) atoms. The molecule has 0 aromatic heterocycles. The Bertz CT molecular complexity index is 503. The van der Waals surface area contributed by atoms with E-state index in [9.17, 15) is 17.2 Å². The highest BCUT2D eigenvalue weighted by molar-refractivity contribution is 7.89. The van der Waals surface area contributed by atoms with Crippen molar-refractivity contribution >= 4 is 10.0 Å². The van der Waals surface area contributed by atoms with Crippen molar-refractivity contribution in [3.05, 3.63) is 29.8 Å². The van der Waals surface area contributed by atoms with Crippen molar-refractivity contribution in [1.29, 1.82) is 0 Å². The van der Waals surface area contributed by atoms with Crippen LogP contribution < -0.4 is 9.46 Å².